The molecule has 2 atom stereocenters. The van der Waals surface area contributed by atoms with Crippen molar-refractivity contribution in [1.29, 1.82) is 0 Å². The molecule has 0 radical (unpaired) electrons. The summed E-state index contributed by atoms with van der Waals surface area (Å²) in [5, 5.41) is 18.1. The third-order valence-electron chi connectivity index (χ3n) is 4.88. The molecule has 0 amide bonds. The normalized spacial score (nSPS) is 13.2. The Hall–Kier alpha value is -2.62. The zero-order valence-electron chi connectivity index (χ0n) is 15.3. The second kappa shape index (κ2) is 9.18. The average Bonchev–Trinajstić information content (AvgIpc) is 2.65. The molecular formula is C22H26O4. The number of carboxylic acids is 2. The Labute approximate surface area is 154 Å². The lowest BCUT2D eigenvalue weighted by Gasteiger charge is -2.09. The Morgan fingerprint density at radius 3 is 1.27 bits per heavy atom. The van der Waals surface area contributed by atoms with Gasteiger partial charge < -0.3 is 10.2 Å². The van der Waals surface area contributed by atoms with Crippen LogP contribution in [0, 0.1) is 0 Å². The van der Waals surface area contributed by atoms with Crippen molar-refractivity contribution in [2.24, 2.45) is 0 Å². The summed E-state index contributed by atoms with van der Waals surface area (Å²) >= 11 is 0. The summed E-state index contributed by atoms with van der Waals surface area (Å²) in [5.74, 6) is -2.56. The van der Waals surface area contributed by atoms with E-state index in [9.17, 15) is 9.59 Å². The van der Waals surface area contributed by atoms with E-state index >= 15 is 0 Å². The maximum Gasteiger partial charge on any atom is 0.310 e. The summed E-state index contributed by atoms with van der Waals surface area (Å²) in [5.41, 5.74) is 4.10. The van der Waals surface area contributed by atoms with E-state index in [1.165, 1.54) is 11.1 Å². The Kier molecular flexibility index (Phi) is 6.96. The maximum atomic E-state index is 11.0. The number of benzene rings is 2. The molecule has 4 nitrogen and oxygen atoms in total. The fourth-order valence-corrected chi connectivity index (χ4v) is 2.89. The number of hydrogen-bond donors (Lipinski definition) is 2. The van der Waals surface area contributed by atoms with Gasteiger partial charge in [-0.3, -0.25) is 9.59 Å². The molecule has 0 aliphatic carbocycles. The van der Waals surface area contributed by atoms with Gasteiger partial charge >= 0.3 is 11.9 Å². The molecule has 0 aliphatic rings. The third kappa shape index (κ3) is 5.45. The molecule has 0 saturated carbocycles. The lowest BCUT2D eigenvalue weighted by molar-refractivity contribution is -0.139. The van der Waals surface area contributed by atoms with Crippen LogP contribution in [0.15, 0.2) is 48.5 Å². The molecule has 2 unspecified atom stereocenters. The SMILES string of the molecule is CC(C(=O)O)c1ccc(CCCCc2ccc(C(C)C(=O)O)cc2)cc1. The second-order valence-corrected chi connectivity index (χ2v) is 6.81. The fourth-order valence-electron chi connectivity index (χ4n) is 2.89. The molecule has 2 aromatic rings. The van der Waals surface area contributed by atoms with Crippen LogP contribution in [-0.4, -0.2) is 22.2 Å². The summed E-state index contributed by atoms with van der Waals surface area (Å²) < 4.78 is 0. The second-order valence-electron chi connectivity index (χ2n) is 6.81. The molecular weight excluding hydrogens is 328 g/mol. The summed E-state index contributed by atoms with van der Waals surface area (Å²) in [6, 6.07) is 15.6. The van der Waals surface area contributed by atoms with Gasteiger partial charge in [-0.1, -0.05) is 48.5 Å². The van der Waals surface area contributed by atoms with Crippen LogP contribution in [0.1, 0.15) is 60.8 Å². The van der Waals surface area contributed by atoms with Crippen molar-refractivity contribution >= 4 is 11.9 Å². The standard InChI is InChI=1S/C22H26O4/c1-15(21(23)24)19-11-7-17(8-12-19)5-3-4-6-18-9-13-20(14-10-18)16(2)22(25)26/h7-16H,3-6H2,1-2H3,(H,23,24)(H,25,26). The average molecular weight is 354 g/mol. The summed E-state index contributed by atoms with van der Waals surface area (Å²) in [6.07, 6.45) is 4.05. The number of carboxylic acid groups (broad SMARTS) is 2. The number of hydrogen-bond acceptors (Lipinski definition) is 2. The zero-order valence-corrected chi connectivity index (χ0v) is 15.3. The first-order valence-corrected chi connectivity index (χ1v) is 9.01. The fraction of sp³-hybridized carbons (Fsp3) is 0.364. The highest BCUT2D eigenvalue weighted by molar-refractivity contribution is 5.75. The van der Waals surface area contributed by atoms with Crippen LogP contribution in [0.25, 0.3) is 0 Å². The van der Waals surface area contributed by atoms with Crippen molar-refractivity contribution in [2.45, 2.75) is 51.4 Å². The first kappa shape index (κ1) is 19.7. The molecule has 0 fully saturated rings. The summed E-state index contributed by atoms with van der Waals surface area (Å²) in [7, 11) is 0. The van der Waals surface area contributed by atoms with Crippen molar-refractivity contribution in [2.75, 3.05) is 0 Å². The monoisotopic (exact) mass is 354 g/mol. The minimum absolute atomic E-state index is 0.476. The van der Waals surface area contributed by atoms with Gasteiger partial charge in [-0.2, -0.15) is 0 Å². The number of aliphatic carboxylic acids is 2. The first-order chi connectivity index (χ1) is 12.4. The van der Waals surface area contributed by atoms with E-state index in [1.54, 1.807) is 13.8 Å². The Morgan fingerprint density at radius 1 is 0.692 bits per heavy atom. The first-order valence-electron chi connectivity index (χ1n) is 9.01. The van der Waals surface area contributed by atoms with E-state index in [-0.39, 0.29) is 0 Å². The zero-order chi connectivity index (χ0) is 19.1. The molecule has 2 rings (SSSR count). The quantitative estimate of drug-likeness (QED) is 0.644. The van der Waals surface area contributed by atoms with Gasteiger partial charge in [0.15, 0.2) is 0 Å². The largest absolute Gasteiger partial charge is 0.481 e. The van der Waals surface area contributed by atoms with Gasteiger partial charge in [0.25, 0.3) is 0 Å². The number of aryl methyl sites for hydroxylation is 2. The molecule has 4 heteroatoms. The van der Waals surface area contributed by atoms with E-state index in [0.29, 0.717) is 0 Å². The Balaban J connectivity index is 1.78. The van der Waals surface area contributed by atoms with E-state index in [1.807, 2.05) is 48.5 Å². The van der Waals surface area contributed by atoms with Gasteiger partial charge in [0.2, 0.25) is 0 Å². The number of rotatable bonds is 9. The smallest absolute Gasteiger partial charge is 0.310 e. The topological polar surface area (TPSA) is 74.6 Å². The third-order valence-corrected chi connectivity index (χ3v) is 4.88. The van der Waals surface area contributed by atoms with Crippen molar-refractivity contribution < 1.29 is 19.8 Å². The van der Waals surface area contributed by atoms with Crippen LogP contribution in [0.5, 0.6) is 0 Å². The van der Waals surface area contributed by atoms with Crippen molar-refractivity contribution in [3.63, 3.8) is 0 Å². The Bertz CT molecular complexity index is 666. The molecule has 0 bridgehead atoms. The molecule has 0 heterocycles. The van der Waals surface area contributed by atoms with E-state index in [2.05, 4.69) is 0 Å². The molecule has 2 N–H and O–H groups in total. The Morgan fingerprint density at radius 2 is 1.00 bits per heavy atom. The van der Waals surface area contributed by atoms with Crippen LogP contribution >= 0.6 is 0 Å². The predicted molar refractivity (Wildman–Crippen MR) is 102 cm³/mol. The molecule has 138 valence electrons. The van der Waals surface area contributed by atoms with Crippen LogP contribution in [0.4, 0.5) is 0 Å². The van der Waals surface area contributed by atoms with Gasteiger partial charge in [0.05, 0.1) is 11.8 Å². The van der Waals surface area contributed by atoms with Crippen LogP contribution in [-0.2, 0) is 22.4 Å². The number of unbranched alkanes of at least 4 members (excludes halogenated alkanes) is 1. The van der Waals surface area contributed by atoms with Gasteiger partial charge in [-0.15, -0.1) is 0 Å². The summed E-state index contributed by atoms with van der Waals surface area (Å²) in [4.78, 5) is 22.0. The molecule has 26 heavy (non-hydrogen) atoms. The molecule has 0 saturated heterocycles. The minimum Gasteiger partial charge on any atom is -0.481 e. The lowest BCUT2D eigenvalue weighted by Crippen LogP contribution is -2.07. The maximum absolute atomic E-state index is 11.0. The predicted octanol–water partition coefficient (Wildman–Crippen LogP) is 4.63. The van der Waals surface area contributed by atoms with Crippen LogP contribution in [0.3, 0.4) is 0 Å². The molecule has 0 aliphatic heterocycles. The van der Waals surface area contributed by atoms with Crippen molar-refractivity contribution in [3.8, 4) is 0 Å². The van der Waals surface area contributed by atoms with Crippen LogP contribution in [0.2, 0.25) is 0 Å². The highest BCUT2D eigenvalue weighted by atomic mass is 16.4. The van der Waals surface area contributed by atoms with Crippen molar-refractivity contribution in [1.82, 2.24) is 0 Å². The highest BCUT2D eigenvalue weighted by Gasteiger charge is 2.13. The van der Waals surface area contributed by atoms with Gasteiger partial charge in [-0.25, -0.2) is 0 Å². The van der Waals surface area contributed by atoms with Gasteiger partial charge in [0.1, 0.15) is 0 Å². The van der Waals surface area contributed by atoms with Crippen molar-refractivity contribution in [3.05, 3.63) is 70.8 Å². The number of carbonyl (C=O) groups is 2. The van der Waals surface area contributed by atoms with E-state index < -0.39 is 23.8 Å². The van der Waals surface area contributed by atoms with E-state index in [0.717, 1.165) is 36.8 Å². The molecule has 0 aromatic heterocycles. The van der Waals surface area contributed by atoms with Gasteiger partial charge in [0, 0.05) is 0 Å². The van der Waals surface area contributed by atoms with Crippen LogP contribution < -0.4 is 0 Å². The molecule has 2 aromatic carbocycles. The lowest BCUT2D eigenvalue weighted by atomic mass is 9.97. The summed E-state index contributed by atoms with van der Waals surface area (Å²) in [6.45, 7) is 3.39. The van der Waals surface area contributed by atoms with E-state index in [4.69, 9.17) is 10.2 Å². The highest BCUT2D eigenvalue weighted by Crippen LogP contribution is 2.19. The minimum atomic E-state index is -0.804. The van der Waals surface area contributed by atoms with Gasteiger partial charge in [-0.05, 0) is 61.8 Å². The molecule has 0 spiro atoms.